The molecule has 0 radical (unpaired) electrons. The third kappa shape index (κ3) is 3.10. The maximum Gasteiger partial charge on any atom is 0.351 e. The van der Waals surface area contributed by atoms with Crippen LogP contribution in [0.1, 0.15) is 34.6 Å². The summed E-state index contributed by atoms with van der Waals surface area (Å²) >= 11 is 0. The highest BCUT2D eigenvalue weighted by atomic mass is 16.5. The van der Waals surface area contributed by atoms with E-state index in [4.69, 9.17) is 13.9 Å². The molecule has 110 valence electrons. The molecule has 0 atom stereocenters. The van der Waals surface area contributed by atoms with Crippen LogP contribution in [0.3, 0.4) is 0 Å². The van der Waals surface area contributed by atoms with Crippen molar-refractivity contribution in [3.63, 3.8) is 0 Å². The van der Waals surface area contributed by atoms with E-state index >= 15 is 0 Å². The summed E-state index contributed by atoms with van der Waals surface area (Å²) in [5, 5.41) is 0.447. The predicted molar refractivity (Wildman–Crippen MR) is 74.4 cm³/mol. The fraction of sp³-hybridized carbons (Fsp3) is 0.267. The molecule has 0 saturated carbocycles. The molecule has 21 heavy (non-hydrogen) atoms. The van der Waals surface area contributed by atoms with E-state index in [9.17, 15) is 14.4 Å². The second-order valence-electron chi connectivity index (χ2n) is 4.14. The van der Waals surface area contributed by atoms with Crippen molar-refractivity contribution in [2.75, 3.05) is 13.2 Å². The van der Waals surface area contributed by atoms with Gasteiger partial charge in [-0.15, -0.1) is 0 Å². The highest BCUT2D eigenvalue weighted by molar-refractivity contribution is 5.96. The summed E-state index contributed by atoms with van der Waals surface area (Å²) in [6.45, 7) is 3.75. The summed E-state index contributed by atoms with van der Waals surface area (Å²) in [5.41, 5.74) is -0.385. The van der Waals surface area contributed by atoms with Gasteiger partial charge in [-0.1, -0.05) is 0 Å². The second kappa shape index (κ2) is 6.21. The van der Waals surface area contributed by atoms with Crippen LogP contribution >= 0.6 is 0 Å². The van der Waals surface area contributed by atoms with E-state index in [-0.39, 0.29) is 24.4 Å². The molecule has 1 aromatic heterocycles. The number of fused-ring (bicyclic) bond motifs is 1. The Labute approximate surface area is 120 Å². The Balaban J connectivity index is 2.50. The molecular weight excluding hydrogens is 276 g/mol. The molecular formula is C15H14O6. The van der Waals surface area contributed by atoms with Crippen LogP contribution in [0.5, 0.6) is 0 Å². The quantitative estimate of drug-likeness (QED) is 0.633. The van der Waals surface area contributed by atoms with Gasteiger partial charge in [0.05, 0.1) is 18.8 Å². The highest BCUT2D eigenvalue weighted by Gasteiger charge is 2.16. The van der Waals surface area contributed by atoms with Gasteiger partial charge >= 0.3 is 17.6 Å². The Hall–Kier alpha value is -2.63. The number of hydrogen-bond acceptors (Lipinski definition) is 6. The molecule has 0 bridgehead atoms. The minimum absolute atomic E-state index is 0.152. The first-order chi connectivity index (χ1) is 10.1. The Bertz CT molecular complexity index is 743. The topological polar surface area (TPSA) is 82.8 Å². The summed E-state index contributed by atoms with van der Waals surface area (Å²) in [4.78, 5) is 35.0. The van der Waals surface area contributed by atoms with Crippen molar-refractivity contribution in [2.45, 2.75) is 13.8 Å². The molecule has 0 spiro atoms. The van der Waals surface area contributed by atoms with Crippen molar-refractivity contribution in [2.24, 2.45) is 0 Å². The van der Waals surface area contributed by atoms with E-state index in [0.29, 0.717) is 10.9 Å². The van der Waals surface area contributed by atoms with E-state index in [1.807, 2.05) is 0 Å². The first-order valence-electron chi connectivity index (χ1n) is 6.49. The standard InChI is InChI=1S/C15H14O6/c1-3-19-13(16)9-5-6-12-10(7-9)8-11(15(18)21-12)14(17)20-4-2/h5-8H,3-4H2,1-2H3. The second-order valence-corrected chi connectivity index (χ2v) is 4.14. The molecule has 0 saturated heterocycles. The average molecular weight is 290 g/mol. The average Bonchev–Trinajstić information content (AvgIpc) is 2.46. The lowest BCUT2D eigenvalue weighted by Gasteiger charge is -2.04. The molecule has 2 aromatic rings. The van der Waals surface area contributed by atoms with Gasteiger partial charge < -0.3 is 13.9 Å². The molecule has 0 aliphatic rings. The maximum absolute atomic E-state index is 11.7. The molecule has 2 rings (SSSR count). The van der Waals surface area contributed by atoms with Crippen molar-refractivity contribution in [1.29, 1.82) is 0 Å². The van der Waals surface area contributed by atoms with E-state index in [0.717, 1.165) is 0 Å². The number of hydrogen-bond donors (Lipinski definition) is 0. The lowest BCUT2D eigenvalue weighted by molar-refractivity contribution is 0.0515. The van der Waals surface area contributed by atoms with Crippen LogP contribution in [0.2, 0.25) is 0 Å². The number of rotatable bonds is 4. The molecule has 0 aliphatic carbocycles. The molecule has 0 unspecified atom stereocenters. The fourth-order valence-electron chi connectivity index (χ4n) is 1.82. The van der Waals surface area contributed by atoms with Crippen LogP contribution in [0.4, 0.5) is 0 Å². The molecule has 1 heterocycles. The summed E-state index contributed by atoms with van der Waals surface area (Å²) in [6.07, 6.45) is 0. The van der Waals surface area contributed by atoms with Gasteiger partial charge in [0.15, 0.2) is 0 Å². The normalized spacial score (nSPS) is 10.4. The van der Waals surface area contributed by atoms with E-state index < -0.39 is 17.6 Å². The van der Waals surface area contributed by atoms with Gasteiger partial charge in [-0.3, -0.25) is 0 Å². The minimum atomic E-state index is -0.773. The third-order valence-electron chi connectivity index (χ3n) is 2.74. The van der Waals surface area contributed by atoms with Crippen molar-refractivity contribution in [1.82, 2.24) is 0 Å². The molecule has 6 nitrogen and oxygen atoms in total. The monoisotopic (exact) mass is 290 g/mol. The molecule has 6 heteroatoms. The number of esters is 2. The summed E-state index contributed by atoms with van der Waals surface area (Å²) in [6, 6.07) is 5.83. The minimum Gasteiger partial charge on any atom is -0.462 e. The van der Waals surface area contributed by atoms with E-state index in [2.05, 4.69) is 0 Å². The van der Waals surface area contributed by atoms with E-state index in [1.54, 1.807) is 13.8 Å². The zero-order valence-electron chi connectivity index (χ0n) is 11.7. The molecule has 0 aliphatic heterocycles. The maximum atomic E-state index is 11.7. The lowest BCUT2D eigenvalue weighted by atomic mass is 10.1. The Kier molecular flexibility index (Phi) is 4.37. The number of ether oxygens (including phenoxy) is 2. The van der Waals surface area contributed by atoms with Crippen LogP contribution in [0, 0.1) is 0 Å². The largest absolute Gasteiger partial charge is 0.462 e. The Morgan fingerprint density at radius 1 is 1.05 bits per heavy atom. The molecule has 0 amide bonds. The van der Waals surface area contributed by atoms with Gasteiger partial charge in [0.2, 0.25) is 0 Å². The third-order valence-corrected chi connectivity index (χ3v) is 2.74. The molecule has 0 N–H and O–H groups in total. The van der Waals surface area contributed by atoms with Crippen LogP contribution in [0.25, 0.3) is 11.0 Å². The van der Waals surface area contributed by atoms with Gasteiger partial charge in [-0.2, -0.15) is 0 Å². The Morgan fingerprint density at radius 3 is 2.38 bits per heavy atom. The number of carbonyl (C=O) groups excluding carboxylic acids is 2. The van der Waals surface area contributed by atoms with Gasteiger partial charge in [0, 0.05) is 5.39 Å². The SMILES string of the molecule is CCOC(=O)c1ccc2oc(=O)c(C(=O)OCC)cc2c1. The summed E-state index contributed by atoms with van der Waals surface area (Å²) in [7, 11) is 0. The van der Waals surface area contributed by atoms with Crippen molar-refractivity contribution < 1.29 is 23.5 Å². The summed E-state index contributed by atoms with van der Waals surface area (Å²) < 4.78 is 14.7. The van der Waals surface area contributed by atoms with Crippen LogP contribution in [-0.2, 0) is 9.47 Å². The van der Waals surface area contributed by atoms with Gasteiger partial charge in [0.25, 0.3) is 0 Å². The zero-order chi connectivity index (χ0) is 15.4. The van der Waals surface area contributed by atoms with Crippen LogP contribution in [0.15, 0.2) is 33.5 Å². The zero-order valence-corrected chi connectivity index (χ0v) is 11.7. The van der Waals surface area contributed by atoms with Crippen molar-refractivity contribution in [3.8, 4) is 0 Å². The number of benzene rings is 1. The van der Waals surface area contributed by atoms with Gasteiger partial charge in [-0.05, 0) is 38.1 Å². The highest BCUT2D eigenvalue weighted by Crippen LogP contribution is 2.17. The number of carbonyl (C=O) groups is 2. The van der Waals surface area contributed by atoms with Crippen LogP contribution in [-0.4, -0.2) is 25.2 Å². The van der Waals surface area contributed by atoms with Crippen molar-refractivity contribution in [3.05, 3.63) is 45.8 Å². The summed E-state index contributed by atoms with van der Waals surface area (Å²) in [5.74, 6) is -1.24. The predicted octanol–water partition coefficient (Wildman–Crippen LogP) is 2.15. The molecule has 1 aromatic carbocycles. The van der Waals surface area contributed by atoms with E-state index in [1.165, 1.54) is 24.3 Å². The van der Waals surface area contributed by atoms with Crippen molar-refractivity contribution >= 4 is 22.9 Å². The Morgan fingerprint density at radius 2 is 1.71 bits per heavy atom. The van der Waals surface area contributed by atoms with Crippen LogP contribution < -0.4 is 5.63 Å². The lowest BCUT2D eigenvalue weighted by Crippen LogP contribution is -2.16. The van der Waals surface area contributed by atoms with Gasteiger partial charge in [-0.25, -0.2) is 14.4 Å². The van der Waals surface area contributed by atoms with Gasteiger partial charge in [0.1, 0.15) is 11.1 Å². The first kappa shape index (κ1) is 14.8. The fourth-order valence-corrected chi connectivity index (χ4v) is 1.82. The smallest absolute Gasteiger partial charge is 0.351 e. The molecule has 0 fully saturated rings. The first-order valence-corrected chi connectivity index (χ1v) is 6.49.